The number of fused-ring (bicyclic) bond motifs is 1. The first-order valence-electron chi connectivity index (χ1n) is 10.8. The van der Waals surface area contributed by atoms with Crippen LogP contribution >= 0.6 is 0 Å². The molecular formula is C28H29NO2. The third kappa shape index (κ3) is 4.13. The maximum atomic E-state index is 12.8. The molecule has 3 nitrogen and oxygen atoms in total. The van der Waals surface area contributed by atoms with Gasteiger partial charge in [-0.15, -0.1) is 0 Å². The smallest absolute Gasteiger partial charge is 0.410 e. The summed E-state index contributed by atoms with van der Waals surface area (Å²) in [5.41, 5.74) is 10.9. The van der Waals surface area contributed by atoms with Gasteiger partial charge in [0.25, 0.3) is 0 Å². The lowest BCUT2D eigenvalue weighted by atomic mass is 9.82. The molecule has 0 fully saturated rings. The summed E-state index contributed by atoms with van der Waals surface area (Å²) in [5, 5.41) is 0. The van der Waals surface area contributed by atoms with Crippen LogP contribution in [0.1, 0.15) is 38.9 Å². The summed E-state index contributed by atoms with van der Waals surface area (Å²) in [5.74, 6) is 0. The molecule has 0 unspecified atom stereocenters. The number of carbonyl (C=O) groups excluding carboxylic acids is 1. The van der Waals surface area contributed by atoms with E-state index in [-0.39, 0.29) is 6.09 Å². The molecule has 1 aliphatic rings. The van der Waals surface area contributed by atoms with Gasteiger partial charge in [-0.3, -0.25) is 0 Å². The normalized spacial score (nSPS) is 12.9. The summed E-state index contributed by atoms with van der Waals surface area (Å²) >= 11 is 0. The van der Waals surface area contributed by atoms with Crippen LogP contribution in [0.25, 0.3) is 17.2 Å². The van der Waals surface area contributed by atoms with E-state index in [0.29, 0.717) is 19.7 Å². The lowest BCUT2D eigenvalue weighted by Gasteiger charge is -2.32. The zero-order chi connectivity index (χ0) is 22.0. The molecule has 0 N–H and O–H groups in total. The topological polar surface area (TPSA) is 29.5 Å². The van der Waals surface area contributed by atoms with E-state index in [1.165, 1.54) is 44.5 Å². The Labute approximate surface area is 185 Å². The van der Waals surface area contributed by atoms with E-state index < -0.39 is 0 Å². The Morgan fingerprint density at radius 3 is 2.39 bits per heavy atom. The molecule has 0 radical (unpaired) electrons. The lowest BCUT2D eigenvalue weighted by molar-refractivity contribution is 0.0917. The molecule has 0 aromatic heterocycles. The monoisotopic (exact) mass is 411 g/mol. The van der Waals surface area contributed by atoms with Crippen molar-refractivity contribution in [1.29, 1.82) is 0 Å². The number of nitrogens with zero attached hydrogens (tertiary/aromatic N) is 1. The molecule has 4 rings (SSSR count). The molecule has 31 heavy (non-hydrogen) atoms. The number of aryl methyl sites for hydroxylation is 1. The van der Waals surface area contributed by atoms with Crippen molar-refractivity contribution in [2.24, 2.45) is 0 Å². The quantitative estimate of drug-likeness (QED) is 0.483. The first-order valence-corrected chi connectivity index (χ1v) is 10.8. The van der Waals surface area contributed by atoms with Crippen LogP contribution in [0.2, 0.25) is 0 Å². The maximum absolute atomic E-state index is 12.8. The summed E-state index contributed by atoms with van der Waals surface area (Å²) in [6, 6.07) is 18.4. The first-order chi connectivity index (χ1) is 15.0. The van der Waals surface area contributed by atoms with Crippen LogP contribution in [0, 0.1) is 20.8 Å². The highest BCUT2D eigenvalue weighted by atomic mass is 16.6. The van der Waals surface area contributed by atoms with Crippen LogP contribution in [-0.4, -0.2) is 17.5 Å². The first kappa shape index (κ1) is 20.9. The molecule has 0 spiro atoms. The van der Waals surface area contributed by atoms with Gasteiger partial charge in [-0.25, -0.2) is 4.79 Å². The Morgan fingerprint density at radius 1 is 1.00 bits per heavy atom. The number of benzene rings is 3. The zero-order valence-corrected chi connectivity index (χ0v) is 18.6. The number of rotatable bonds is 4. The van der Waals surface area contributed by atoms with E-state index in [1.54, 1.807) is 0 Å². The summed E-state index contributed by atoms with van der Waals surface area (Å²) in [4.78, 5) is 14.6. The Bertz CT molecular complexity index is 1110. The van der Waals surface area contributed by atoms with Gasteiger partial charge in [-0.05, 0) is 71.7 Å². The van der Waals surface area contributed by atoms with Crippen LogP contribution in [0.3, 0.4) is 0 Å². The van der Waals surface area contributed by atoms with Gasteiger partial charge in [0, 0.05) is 13.1 Å². The van der Waals surface area contributed by atoms with Crippen molar-refractivity contribution < 1.29 is 9.53 Å². The lowest BCUT2D eigenvalue weighted by Crippen LogP contribution is -2.37. The van der Waals surface area contributed by atoms with Gasteiger partial charge in [-0.2, -0.15) is 0 Å². The van der Waals surface area contributed by atoms with Crippen molar-refractivity contribution in [3.05, 3.63) is 100 Å². The van der Waals surface area contributed by atoms with Gasteiger partial charge in [0.2, 0.25) is 0 Å². The highest BCUT2D eigenvalue weighted by Gasteiger charge is 2.27. The van der Waals surface area contributed by atoms with E-state index in [1.807, 2.05) is 41.3 Å². The van der Waals surface area contributed by atoms with Crippen molar-refractivity contribution in [3.8, 4) is 11.1 Å². The van der Waals surface area contributed by atoms with Crippen LogP contribution in [0.4, 0.5) is 4.79 Å². The molecule has 3 heteroatoms. The van der Waals surface area contributed by atoms with Crippen LogP contribution in [0.5, 0.6) is 0 Å². The molecule has 0 aliphatic carbocycles. The number of ether oxygens (including phenoxy) is 1. The number of hydrogen-bond donors (Lipinski definition) is 0. The number of amides is 1. The fraction of sp³-hybridized carbons (Fsp3) is 0.250. The molecule has 0 saturated heterocycles. The van der Waals surface area contributed by atoms with Gasteiger partial charge in [-0.1, -0.05) is 72.8 Å². The molecule has 3 aromatic rings. The Morgan fingerprint density at radius 2 is 1.71 bits per heavy atom. The average molecular weight is 412 g/mol. The Hall–Kier alpha value is -3.33. The van der Waals surface area contributed by atoms with Crippen molar-refractivity contribution in [1.82, 2.24) is 4.90 Å². The van der Waals surface area contributed by atoms with Crippen LogP contribution in [0.15, 0.2) is 61.2 Å². The fourth-order valence-electron chi connectivity index (χ4n) is 4.54. The number of carbonyl (C=O) groups is 1. The van der Waals surface area contributed by atoms with Gasteiger partial charge in [0.05, 0.1) is 0 Å². The average Bonchev–Trinajstić information content (AvgIpc) is 2.80. The van der Waals surface area contributed by atoms with Crippen molar-refractivity contribution in [2.75, 3.05) is 6.54 Å². The SMILES string of the molecule is C=Cc1c(C)c2c(c(C)c1-c1ccc(C)cc1)CN(C(=O)OCc1ccccc1)CC2. The maximum Gasteiger partial charge on any atom is 0.410 e. The second-order valence-corrected chi connectivity index (χ2v) is 8.28. The van der Waals surface area contributed by atoms with Crippen molar-refractivity contribution in [3.63, 3.8) is 0 Å². The second kappa shape index (κ2) is 8.81. The van der Waals surface area contributed by atoms with Crippen molar-refractivity contribution in [2.45, 2.75) is 40.3 Å². The molecule has 1 amide bonds. The molecule has 1 heterocycles. The molecule has 1 aliphatic heterocycles. The predicted molar refractivity (Wildman–Crippen MR) is 127 cm³/mol. The van der Waals surface area contributed by atoms with Crippen LogP contribution in [-0.2, 0) is 24.3 Å². The minimum absolute atomic E-state index is 0.253. The second-order valence-electron chi connectivity index (χ2n) is 8.28. The fourth-order valence-corrected chi connectivity index (χ4v) is 4.54. The highest BCUT2D eigenvalue weighted by Crippen LogP contribution is 2.38. The minimum atomic E-state index is -0.253. The van der Waals surface area contributed by atoms with E-state index in [9.17, 15) is 4.79 Å². The standard InChI is InChI=1S/C28H29NO2/c1-5-24-20(3)25-15-16-29(28(30)31-18-22-9-7-6-8-10-22)17-26(25)21(4)27(24)23-13-11-19(2)12-14-23/h5-14H,1,15-18H2,2-4H3. The third-order valence-corrected chi connectivity index (χ3v) is 6.31. The van der Waals surface area contributed by atoms with Gasteiger partial charge in [0.15, 0.2) is 0 Å². The molecule has 158 valence electrons. The predicted octanol–water partition coefficient (Wildman–Crippen LogP) is 6.62. The van der Waals surface area contributed by atoms with Gasteiger partial charge in [0.1, 0.15) is 6.61 Å². The van der Waals surface area contributed by atoms with Crippen LogP contribution < -0.4 is 0 Å². The molecule has 3 aromatic carbocycles. The number of hydrogen-bond acceptors (Lipinski definition) is 2. The third-order valence-electron chi connectivity index (χ3n) is 6.31. The summed E-state index contributed by atoms with van der Waals surface area (Å²) < 4.78 is 5.60. The van der Waals surface area contributed by atoms with Gasteiger partial charge >= 0.3 is 6.09 Å². The molecule has 0 atom stereocenters. The summed E-state index contributed by atoms with van der Waals surface area (Å²) in [6.45, 7) is 12.1. The largest absolute Gasteiger partial charge is 0.445 e. The van der Waals surface area contributed by atoms with Gasteiger partial charge < -0.3 is 9.64 Å². The minimum Gasteiger partial charge on any atom is -0.445 e. The summed E-state index contributed by atoms with van der Waals surface area (Å²) in [6.07, 6.45) is 2.55. The van der Waals surface area contributed by atoms with E-state index in [0.717, 1.165) is 12.0 Å². The van der Waals surface area contributed by atoms with E-state index >= 15 is 0 Å². The van der Waals surface area contributed by atoms with E-state index in [4.69, 9.17) is 4.74 Å². The molecule has 0 bridgehead atoms. The highest BCUT2D eigenvalue weighted by molar-refractivity contribution is 5.82. The van der Waals surface area contributed by atoms with Crippen molar-refractivity contribution >= 4 is 12.2 Å². The molecular weight excluding hydrogens is 382 g/mol. The zero-order valence-electron chi connectivity index (χ0n) is 18.6. The Balaban J connectivity index is 1.64. The Kier molecular flexibility index (Phi) is 5.94. The molecule has 0 saturated carbocycles. The van der Waals surface area contributed by atoms with E-state index in [2.05, 4.69) is 51.6 Å². The summed E-state index contributed by atoms with van der Waals surface area (Å²) in [7, 11) is 0.